The molecule has 5 nitrogen and oxygen atoms in total. The molecule has 0 saturated carbocycles. The Bertz CT molecular complexity index is 408. The van der Waals surface area contributed by atoms with Crippen LogP contribution in [0, 0.1) is 6.92 Å². The number of carbonyl (C=O) groups excluding carboxylic acids is 1. The number of benzene rings is 1. The second-order valence-electron chi connectivity index (χ2n) is 4.16. The van der Waals surface area contributed by atoms with Gasteiger partial charge in [0, 0.05) is 26.4 Å². The highest BCUT2D eigenvalue weighted by atomic mass is 16.5. The van der Waals surface area contributed by atoms with Crippen molar-refractivity contribution in [1.29, 1.82) is 0 Å². The molecular weight excluding hydrogens is 244 g/mol. The van der Waals surface area contributed by atoms with Crippen LogP contribution in [0.3, 0.4) is 0 Å². The Hall–Kier alpha value is -1.59. The van der Waals surface area contributed by atoms with Crippen LogP contribution in [0.4, 0.5) is 5.69 Å². The first-order valence-corrected chi connectivity index (χ1v) is 6.32. The Morgan fingerprint density at radius 2 is 2.05 bits per heavy atom. The van der Waals surface area contributed by atoms with Crippen molar-refractivity contribution in [2.45, 2.75) is 6.92 Å². The molecule has 106 valence electrons. The zero-order valence-electron chi connectivity index (χ0n) is 11.8. The molecule has 0 aliphatic heterocycles. The van der Waals surface area contributed by atoms with Gasteiger partial charge in [0.15, 0.2) is 0 Å². The second kappa shape index (κ2) is 8.50. The van der Waals surface area contributed by atoms with E-state index in [9.17, 15) is 4.79 Å². The quantitative estimate of drug-likeness (QED) is 0.699. The van der Waals surface area contributed by atoms with E-state index in [-0.39, 0.29) is 5.91 Å². The highest BCUT2D eigenvalue weighted by Crippen LogP contribution is 2.16. The summed E-state index contributed by atoms with van der Waals surface area (Å²) in [5, 5.41) is 5.85. The first-order valence-electron chi connectivity index (χ1n) is 6.32. The summed E-state index contributed by atoms with van der Waals surface area (Å²) in [5.74, 6) is -0.0975. The van der Waals surface area contributed by atoms with Crippen molar-refractivity contribution in [3.05, 3.63) is 29.3 Å². The molecule has 5 heteroatoms. The molecule has 0 aliphatic rings. The summed E-state index contributed by atoms with van der Waals surface area (Å²) >= 11 is 0. The number of hydrogen-bond acceptors (Lipinski definition) is 4. The average Bonchev–Trinajstić information content (AvgIpc) is 2.42. The molecule has 0 atom stereocenters. The maximum Gasteiger partial charge on any atom is 0.253 e. The molecule has 1 aromatic carbocycles. The van der Waals surface area contributed by atoms with E-state index >= 15 is 0 Å². The van der Waals surface area contributed by atoms with Crippen molar-refractivity contribution < 1.29 is 14.3 Å². The molecule has 0 aliphatic carbocycles. The molecule has 1 aromatic rings. The van der Waals surface area contributed by atoms with Gasteiger partial charge in [0.05, 0.1) is 25.4 Å². The minimum absolute atomic E-state index is 0.0975. The Morgan fingerprint density at radius 3 is 2.74 bits per heavy atom. The second-order valence-corrected chi connectivity index (χ2v) is 4.16. The van der Waals surface area contributed by atoms with Gasteiger partial charge in [0.1, 0.15) is 0 Å². The van der Waals surface area contributed by atoms with Crippen molar-refractivity contribution >= 4 is 11.6 Å². The Morgan fingerprint density at radius 1 is 1.26 bits per heavy atom. The van der Waals surface area contributed by atoms with Crippen LogP contribution in [-0.4, -0.2) is 46.4 Å². The lowest BCUT2D eigenvalue weighted by atomic mass is 10.1. The minimum atomic E-state index is -0.0975. The van der Waals surface area contributed by atoms with E-state index < -0.39 is 0 Å². The van der Waals surface area contributed by atoms with Gasteiger partial charge >= 0.3 is 0 Å². The van der Waals surface area contributed by atoms with Gasteiger partial charge in [-0.05, 0) is 24.6 Å². The summed E-state index contributed by atoms with van der Waals surface area (Å²) in [5.41, 5.74) is 2.59. The molecular formula is C14H22N2O3. The highest BCUT2D eigenvalue weighted by molar-refractivity contribution is 5.99. The monoisotopic (exact) mass is 266 g/mol. The first kappa shape index (κ1) is 15.5. The van der Waals surface area contributed by atoms with Gasteiger partial charge in [0.25, 0.3) is 5.91 Å². The van der Waals surface area contributed by atoms with E-state index in [2.05, 4.69) is 10.6 Å². The predicted octanol–water partition coefficient (Wildman–Crippen LogP) is 1.43. The fraction of sp³-hybridized carbons (Fsp3) is 0.500. The van der Waals surface area contributed by atoms with Gasteiger partial charge in [-0.15, -0.1) is 0 Å². The van der Waals surface area contributed by atoms with E-state index in [1.54, 1.807) is 14.2 Å². The Labute approximate surface area is 114 Å². The van der Waals surface area contributed by atoms with Gasteiger partial charge in [-0.3, -0.25) is 4.79 Å². The number of amides is 1. The van der Waals surface area contributed by atoms with Crippen LogP contribution in [0.15, 0.2) is 18.2 Å². The smallest absolute Gasteiger partial charge is 0.253 e. The number of carbonyl (C=O) groups is 1. The molecule has 1 amide bonds. The predicted molar refractivity (Wildman–Crippen MR) is 75.8 cm³/mol. The molecule has 0 heterocycles. The van der Waals surface area contributed by atoms with Gasteiger partial charge in [-0.2, -0.15) is 0 Å². The number of aryl methyl sites for hydroxylation is 1. The molecule has 0 radical (unpaired) electrons. The zero-order valence-corrected chi connectivity index (χ0v) is 11.8. The third kappa shape index (κ3) is 5.28. The average molecular weight is 266 g/mol. The van der Waals surface area contributed by atoms with E-state index in [4.69, 9.17) is 9.47 Å². The third-order valence-electron chi connectivity index (χ3n) is 2.65. The molecule has 1 rings (SSSR count). The lowest BCUT2D eigenvalue weighted by molar-refractivity contribution is 0.0693. The lowest BCUT2D eigenvalue weighted by Gasteiger charge is -2.11. The number of hydrogen-bond donors (Lipinski definition) is 2. The lowest BCUT2D eigenvalue weighted by Crippen LogP contribution is -2.28. The number of rotatable bonds is 8. The molecule has 0 bridgehead atoms. The molecule has 0 spiro atoms. The molecule has 0 saturated heterocycles. The van der Waals surface area contributed by atoms with Gasteiger partial charge < -0.3 is 20.1 Å². The standard InChI is InChI=1S/C14H22N2O3/c1-11-4-5-12(13(10-11)15-2)14(17)16-6-7-19-9-8-18-3/h4-5,10,15H,6-9H2,1-3H3,(H,16,17). The maximum absolute atomic E-state index is 12.0. The summed E-state index contributed by atoms with van der Waals surface area (Å²) in [7, 11) is 3.43. The minimum Gasteiger partial charge on any atom is -0.387 e. The fourth-order valence-electron chi connectivity index (χ4n) is 1.64. The van der Waals surface area contributed by atoms with E-state index in [0.717, 1.165) is 11.3 Å². The van der Waals surface area contributed by atoms with Crippen LogP contribution in [0.1, 0.15) is 15.9 Å². The van der Waals surface area contributed by atoms with E-state index in [0.29, 0.717) is 31.9 Å². The van der Waals surface area contributed by atoms with Gasteiger partial charge in [0.2, 0.25) is 0 Å². The maximum atomic E-state index is 12.0. The number of anilines is 1. The summed E-state index contributed by atoms with van der Waals surface area (Å²) < 4.78 is 10.1. The fourth-order valence-corrected chi connectivity index (χ4v) is 1.64. The van der Waals surface area contributed by atoms with Crippen molar-refractivity contribution in [3.63, 3.8) is 0 Å². The van der Waals surface area contributed by atoms with Gasteiger partial charge in [-0.1, -0.05) is 6.07 Å². The molecule has 19 heavy (non-hydrogen) atoms. The first-order chi connectivity index (χ1) is 9.19. The summed E-state index contributed by atoms with van der Waals surface area (Å²) in [6, 6.07) is 5.69. The van der Waals surface area contributed by atoms with Crippen LogP contribution in [0.5, 0.6) is 0 Å². The largest absolute Gasteiger partial charge is 0.387 e. The summed E-state index contributed by atoms with van der Waals surface area (Å²) in [4.78, 5) is 12.0. The Balaban J connectivity index is 2.41. The van der Waals surface area contributed by atoms with Crippen molar-refractivity contribution in [3.8, 4) is 0 Å². The van der Waals surface area contributed by atoms with Crippen LogP contribution in [0.2, 0.25) is 0 Å². The summed E-state index contributed by atoms with van der Waals surface area (Å²) in [6.45, 7) is 4.07. The van der Waals surface area contributed by atoms with Crippen molar-refractivity contribution in [1.82, 2.24) is 5.32 Å². The molecule has 0 unspecified atom stereocenters. The molecule has 2 N–H and O–H groups in total. The van der Waals surface area contributed by atoms with Gasteiger partial charge in [-0.25, -0.2) is 0 Å². The van der Waals surface area contributed by atoms with Crippen molar-refractivity contribution in [2.75, 3.05) is 45.8 Å². The van der Waals surface area contributed by atoms with Crippen LogP contribution in [-0.2, 0) is 9.47 Å². The number of nitrogens with one attached hydrogen (secondary N) is 2. The zero-order chi connectivity index (χ0) is 14.1. The summed E-state index contributed by atoms with van der Waals surface area (Å²) in [6.07, 6.45) is 0. The highest BCUT2D eigenvalue weighted by Gasteiger charge is 2.09. The molecule has 0 fully saturated rings. The normalized spacial score (nSPS) is 10.3. The van der Waals surface area contributed by atoms with Crippen molar-refractivity contribution in [2.24, 2.45) is 0 Å². The van der Waals surface area contributed by atoms with E-state index in [1.165, 1.54) is 0 Å². The third-order valence-corrected chi connectivity index (χ3v) is 2.65. The van der Waals surface area contributed by atoms with Crippen LogP contribution in [0.25, 0.3) is 0 Å². The van der Waals surface area contributed by atoms with Crippen LogP contribution >= 0.6 is 0 Å². The van der Waals surface area contributed by atoms with Crippen LogP contribution < -0.4 is 10.6 Å². The molecule has 0 aromatic heterocycles. The number of methoxy groups -OCH3 is 1. The SMILES string of the molecule is CNc1cc(C)ccc1C(=O)NCCOCCOC. The topological polar surface area (TPSA) is 59.6 Å². The number of ether oxygens (including phenoxy) is 2. The van der Waals surface area contributed by atoms with E-state index in [1.807, 2.05) is 25.1 Å². The Kier molecular flexibility index (Phi) is 6.92.